The molecule has 1 aromatic rings. The molecule has 2 rings (SSSR count). The van der Waals surface area contributed by atoms with E-state index in [1.807, 2.05) is 23.1 Å². The fourth-order valence-corrected chi connectivity index (χ4v) is 2.32. The van der Waals surface area contributed by atoms with E-state index in [1.54, 1.807) is 0 Å². The van der Waals surface area contributed by atoms with Gasteiger partial charge in [0.15, 0.2) is 0 Å². The van der Waals surface area contributed by atoms with E-state index in [0.29, 0.717) is 0 Å². The van der Waals surface area contributed by atoms with Gasteiger partial charge in [0.25, 0.3) is 0 Å². The summed E-state index contributed by atoms with van der Waals surface area (Å²) in [5.41, 5.74) is 6.46. The van der Waals surface area contributed by atoms with Crippen molar-refractivity contribution in [2.24, 2.45) is 5.73 Å². The maximum absolute atomic E-state index is 11.2. The van der Waals surface area contributed by atoms with Gasteiger partial charge in [0, 0.05) is 31.9 Å². The zero-order valence-corrected chi connectivity index (χ0v) is 10.3. The minimum atomic E-state index is -0.553. The molecule has 5 nitrogen and oxygen atoms in total. The Kier molecular flexibility index (Phi) is 4.17. The second-order valence-corrected chi connectivity index (χ2v) is 4.46. The number of hydrogen-bond donors (Lipinski definition) is 2. The summed E-state index contributed by atoms with van der Waals surface area (Å²) >= 11 is 0. The van der Waals surface area contributed by atoms with Gasteiger partial charge in [-0.15, -0.1) is 0 Å². The van der Waals surface area contributed by atoms with Crippen molar-refractivity contribution in [1.29, 1.82) is 0 Å². The molecule has 1 aliphatic heterocycles. The molecule has 0 radical (unpaired) electrons. The minimum absolute atomic E-state index is 0.208. The van der Waals surface area contributed by atoms with Crippen LogP contribution in [-0.2, 0) is 4.79 Å². The maximum atomic E-state index is 11.2. The molecule has 1 saturated heterocycles. The third kappa shape index (κ3) is 2.80. The summed E-state index contributed by atoms with van der Waals surface area (Å²) in [7, 11) is 0. The van der Waals surface area contributed by atoms with Crippen LogP contribution >= 0.6 is 0 Å². The SMILES string of the molecule is NC(=O)C(CO)N1CCN(c2ccccc2)CC1. The van der Waals surface area contributed by atoms with E-state index in [1.165, 1.54) is 5.69 Å². The van der Waals surface area contributed by atoms with E-state index >= 15 is 0 Å². The Morgan fingerprint density at radius 1 is 1.22 bits per heavy atom. The number of rotatable bonds is 4. The number of nitrogens with zero attached hydrogens (tertiary/aromatic N) is 2. The first-order chi connectivity index (χ1) is 8.72. The third-order valence-electron chi connectivity index (χ3n) is 3.38. The molecule has 0 bridgehead atoms. The smallest absolute Gasteiger partial charge is 0.237 e. The van der Waals surface area contributed by atoms with Crippen molar-refractivity contribution in [3.63, 3.8) is 0 Å². The number of nitrogens with two attached hydrogens (primary N) is 1. The fraction of sp³-hybridized carbons (Fsp3) is 0.462. The Labute approximate surface area is 107 Å². The molecular formula is C13H19N3O2. The average molecular weight is 249 g/mol. The van der Waals surface area contributed by atoms with E-state index < -0.39 is 11.9 Å². The predicted octanol–water partition coefficient (Wildman–Crippen LogP) is -0.345. The molecule has 18 heavy (non-hydrogen) atoms. The van der Waals surface area contributed by atoms with Gasteiger partial charge in [-0.25, -0.2) is 0 Å². The lowest BCUT2D eigenvalue weighted by molar-refractivity contribution is -0.124. The van der Waals surface area contributed by atoms with Crippen LogP contribution in [0.15, 0.2) is 30.3 Å². The van der Waals surface area contributed by atoms with E-state index in [0.717, 1.165) is 26.2 Å². The topological polar surface area (TPSA) is 69.8 Å². The van der Waals surface area contributed by atoms with Gasteiger partial charge >= 0.3 is 0 Å². The van der Waals surface area contributed by atoms with E-state index in [9.17, 15) is 9.90 Å². The molecule has 1 amide bonds. The van der Waals surface area contributed by atoms with Crippen LogP contribution in [0, 0.1) is 0 Å². The van der Waals surface area contributed by atoms with Gasteiger partial charge in [-0.3, -0.25) is 9.69 Å². The molecule has 1 unspecified atom stereocenters. The molecule has 1 atom stereocenters. The number of anilines is 1. The van der Waals surface area contributed by atoms with Gasteiger partial charge in [-0.2, -0.15) is 0 Å². The van der Waals surface area contributed by atoms with Crippen molar-refractivity contribution in [2.45, 2.75) is 6.04 Å². The molecule has 5 heteroatoms. The van der Waals surface area contributed by atoms with Crippen LogP contribution < -0.4 is 10.6 Å². The van der Waals surface area contributed by atoms with Gasteiger partial charge < -0.3 is 15.7 Å². The highest BCUT2D eigenvalue weighted by Crippen LogP contribution is 2.16. The second-order valence-electron chi connectivity index (χ2n) is 4.46. The molecular weight excluding hydrogens is 230 g/mol. The van der Waals surface area contributed by atoms with Crippen LogP contribution in [0.4, 0.5) is 5.69 Å². The average Bonchev–Trinajstić information content (AvgIpc) is 2.41. The van der Waals surface area contributed by atoms with E-state index in [-0.39, 0.29) is 6.61 Å². The molecule has 1 aliphatic rings. The first-order valence-electron chi connectivity index (χ1n) is 6.16. The van der Waals surface area contributed by atoms with Crippen LogP contribution in [0.1, 0.15) is 0 Å². The Balaban J connectivity index is 1.94. The highest BCUT2D eigenvalue weighted by atomic mass is 16.3. The van der Waals surface area contributed by atoms with Crippen molar-refractivity contribution in [3.05, 3.63) is 30.3 Å². The number of para-hydroxylation sites is 1. The molecule has 0 spiro atoms. The number of carbonyl (C=O) groups is 1. The number of benzene rings is 1. The quantitative estimate of drug-likeness (QED) is 0.765. The summed E-state index contributed by atoms with van der Waals surface area (Å²) in [6.07, 6.45) is 0. The molecule has 1 heterocycles. The van der Waals surface area contributed by atoms with E-state index in [4.69, 9.17) is 5.73 Å². The summed E-state index contributed by atoms with van der Waals surface area (Å²) in [6, 6.07) is 9.63. The number of carbonyl (C=O) groups excluding carboxylic acids is 1. The van der Waals surface area contributed by atoms with Crippen molar-refractivity contribution in [1.82, 2.24) is 4.90 Å². The van der Waals surface area contributed by atoms with Gasteiger partial charge in [-0.05, 0) is 12.1 Å². The normalized spacial score (nSPS) is 18.6. The van der Waals surface area contributed by atoms with Crippen LogP contribution in [-0.4, -0.2) is 54.7 Å². The number of aliphatic hydroxyl groups excluding tert-OH is 1. The molecule has 1 aromatic carbocycles. The summed E-state index contributed by atoms with van der Waals surface area (Å²) in [5.74, 6) is -0.453. The zero-order valence-electron chi connectivity index (χ0n) is 10.3. The lowest BCUT2D eigenvalue weighted by atomic mass is 10.2. The van der Waals surface area contributed by atoms with Crippen LogP contribution in [0.2, 0.25) is 0 Å². The first kappa shape index (κ1) is 12.9. The third-order valence-corrected chi connectivity index (χ3v) is 3.38. The largest absolute Gasteiger partial charge is 0.394 e. The van der Waals surface area contributed by atoms with Crippen LogP contribution in [0.3, 0.4) is 0 Å². The van der Waals surface area contributed by atoms with Gasteiger partial charge in [-0.1, -0.05) is 18.2 Å². The number of piperazine rings is 1. The highest BCUT2D eigenvalue weighted by Gasteiger charge is 2.26. The molecule has 0 aliphatic carbocycles. The summed E-state index contributed by atoms with van der Waals surface area (Å²) in [5, 5.41) is 9.18. The summed E-state index contributed by atoms with van der Waals surface area (Å²) in [6.45, 7) is 2.95. The Morgan fingerprint density at radius 3 is 2.33 bits per heavy atom. The van der Waals surface area contributed by atoms with E-state index in [2.05, 4.69) is 17.0 Å². The van der Waals surface area contributed by atoms with Crippen molar-refractivity contribution < 1.29 is 9.90 Å². The Bertz CT molecular complexity index is 388. The van der Waals surface area contributed by atoms with Crippen molar-refractivity contribution >= 4 is 11.6 Å². The number of primary amides is 1. The molecule has 1 fully saturated rings. The summed E-state index contributed by atoms with van der Waals surface area (Å²) in [4.78, 5) is 15.4. The number of aliphatic hydroxyl groups is 1. The Morgan fingerprint density at radius 2 is 1.83 bits per heavy atom. The zero-order chi connectivity index (χ0) is 13.0. The van der Waals surface area contributed by atoms with Gasteiger partial charge in [0.1, 0.15) is 6.04 Å². The monoisotopic (exact) mass is 249 g/mol. The minimum Gasteiger partial charge on any atom is -0.394 e. The van der Waals surface area contributed by atoms with Gasteiger partial charge in [0.2, 0.25) is 5.91 Å². The van der Waals surface area contributed by atoms with Crippen molar-refractivity contribution in [2.75, 3.05) is 37.7 Å². The fourth-order valence-electron chi connectivity index (χ4n) is 2.32. The molecule has 0 saturated carbocycles. The van der Waals surface area contributed by atoms with Gasteiger partial charge in [0.05, 0.1) is 6.61 Å². The molecule has 3 N–H and O–H groups in total. The van der Waals surface area contributed by atoms with Crippen molar-refractivity contribution in [3.8, 4) is 0 Å². The second kappa shape index (κ2) is 5.84. The summed E-state index contributed by atoms with van der Waals surface area (Å²) < 4.78 is 0. The predicted molar refractivity (Wildman–Crippen MR) is 70.3 cm³/mol. The lowest BCUT2D eigenvalue weighted by Gasteiger charge is -2.38. The molecule has 0 aromatic heterocycles. The molecule has 98 valence electrons. The number of hydrogen-bond acceptors (Lipinski definition) is 4. The first-order valence-corrected chi connectivity index (χ1v) is 6.16. The lowest BCUT2D eigenvalue weighted by Crippen LogP contribution is -2.55. The highest BCUT2D eigenvalue weighted by molar-refractivity contribution is 5.80. The van der Waals surface area contributed by atoms with Crippen LogP contribution in [0.5, 0.6) is 0 Å². The maximum Gasteiger partial charge on any atom is 0.237 e. The standard InChI is InChI=1S/C13H19N3O2/c14-13(18)12(10-17)16-8-6-15(7-9-16)11-4-2-1-3-5-11/h1-5,12,17H,6-10H2,(H2,14,18). The number of amides is 1. The Hall–Kier alpha value is -1.59. The van der Waals surface area contributed by atoms with Crippen LogP contribution in [0.25, 0.3) is 0 Å².